The van der Waals surface area contributed by atoms with Crippen molar-refractivity contribution in [1.82, 2.24) is 9.97 Å². The fourth-order valence-electron chi connectivity index (χ4n) is 8.71. The van der Waals surface area contributed by atoms with Crippen LogP contribution in [0.5, 0.6) is 23.0 Å². The van der Waals surface area contributed by atoms with Crippen molar-refractivity contribution in [2.45, 2.75) is 72.6 Å². The molecule has 0 unspecified atom stereocenters. The van der Waals surface area contributed by atoms with Crippen molar-refractivity contribution in [1.29, 1.82) is 0 Å². The Morgan fingerprint density at radius 1 is 0.646 bits per heavy atom. The summed E-state index contributed by atoms with van der Waals surface area (Å²) in [4.78, 5) is 53.1. The van der Waals surface area contributed by atoms with Crippen LogP contribution in [-0.2, 0) is 87.4 Å². The summed E-state index contributed by atoms with van der Waals surface area (Å²) in [5.41, 5.74) is 9.86. The molecule has 18 nitrogen and oxygen atoms in total. The Kier molecular flexibility index (Phi) is 26.6. The van der Waals surface area contributed by atoms with Gasteiger partial charge in [0.05, 0.1) is 47.6 Å². The SMILES string of the molecule is C=N/N=C/OOCC.CC(=O)O.CC(=O)O.CCOC(=O)[C@H]1[C@@H]2Cc3cc(N(Cc4ccc(OC)cc4)Cc4ccc(OC)cc4)ncc3[C@@H]21.COc1ccc(CN(Cc2ccc(OC)cc2)c2cc3c(cn2)C=CC3)cc1.[Rh]. The molecular formula is C60H70N6O12Rh. The quantitative estimate of drug-likeness (QED) is 0.0138. The van der Waals surface area contributed by atoms with Crippen LogP contribution in [0.1, 0.15) is 78.1 Å². The second-order valence-corrected chi connectivity index (χ2v) is 17.8. The molecule has 2 heterocycles. The number of benzene rings is 4. The molecule has 0 amide bonds. The van der Waals surface area contributed by atoms with Crippen LogP contribution < -0.4 is 28.7 Å². The summed E-state index contributed by atoms with van der Waals surface area (Å²) in [7, 11) is 6.73. The number of rotatable bonds is 20. The summed E-state index contributed by atoms with van der Waals surface area (Å²) >= 11 is 0. The van der Waals surface area contributed by atoms with E-state index in [-0.39, 0.29) is 37.3 Å². The molecule has 1 saturated carbocycles. The Bertz CT molecular complexity index is 2790. The predicted octanol–water partition coefficient (Wildman–Crippen LogP) is 10.4. The maximum absolute atomic E-state index is 12.2. The van der Waals surface area contributed by atoms with Gasteiger partial charge in [0, 0.05) is 84.5 Å². The zero-order valence-corrected chi connectivity index (χ0v) is 47.5. The smallest absolute Gasteiger partial charge is 0.309 e. The molecule has 1 radical (unpaired) electrons. The molecule has 3 aliphatic carbocycles. The van der Waals surface area contributed by atoms with E-state index in [9.17, 15) is 4.79 Å². The van der Waals surface area contributed by atoms with Crippen LogP contribution in [0.15, 0.2) is 138 Å². The largest absolute Gasteiger partial charge is 0.497 e. The Morgan fingerprint density at radius 3 is 1.43 bits per heavy atom. The number of nitrogens with zero attached hydrogens (tertiary/aromatic N) is 6. The summed E-state index contributed by atoms with van der Waals surface area (Å²) in [6, 6.07) is 37.1. The molecular weight excluding hydrogens is 1100 g/mol. The summed E-state index contributed by atoms with van der Waals surface area (Å²) in [6.45, 7) is 12.8. The Hall–Kier alpha value is -8.15. The van der Waals surface area contributed by atoms with Gasteiger partial charge in [-0.1, -0.05) is 60.7 Å². The molecule has 0 spiro atoms. The number of aliphatic carboxylic acids is 2. The fourth-order valence-corrected chi connectivity index (χ4v) is 8.71. The van der Waals surface area contributed by atoms with Crippen LogP contribution in [0.4, 0.5) is 11.6 Å². The summed E-state index contributed by atoms with van der Waals surface area (Å²) < 4.78 is 26.4. The molecule has 79 heavy (non-hydrogen) atoms. The maximum Gasteiger partial charge on any atom is 0.309 e. The van der Waals surface area contributed by atoms with Crippen LogP contribution in [0, 0.1) is 11.8 Å². The molecule has 2 aromatic heterocycles. The number of allylic oxidation sites excluding steroid dienone is 1. The van der Waals surface area contributed by atoms with Crippen molar-refractivity contribution in [3.05, 3.63) is 172 Å². The number of aromatic nitrogens is 2. The summed E-state index contributed by atoms with van der Waals surface area (Å²) in [6.07, 6.45) is 11.2. The van der Waals surface area contributed by atoms with E-state index in [1.54, 1.807) is 35.4 Å². The maximum atomic E-state index is 12.2. The zero-order valence-electron chi connectivity index (χ0n) is 45.9. The van der Waals surface area contributed by atoms with Gasteiger partial charge in [-0.15, -0.1) is 5.10 Å². The van der Waals surface area contributed by atoms with Crippen LogP contribution in [0.25, 0.3) is 6.08 Å². The van der Waals surface area contributed by atoms with Gasteiger partial charge in [-0.05, 0) is 138 Å². The summed E-state index contributed by atoms with van der Waals surface area (Å²) in [5.74, 6) is 4.28. The third kappa shape index (κ3) is 20.3. The average molecular weight is 1170 g/mol. The number of anilines is 2. The number of carboxylic acid groups (broad SMARTS) is 2. The molecule has 421 valence electrons. The predicted molar refractivity (Wildman–Crippen MR) is 300 cm³/mol. The van der Waals surface area contributed by atoms with Crippen LogP contribution >= 0.6 is 0 Å². The van der Waals surface area contributed by atoms with Crippen molar-refractivity contribution in [2.24, 2.45) is 22.0 Å². The number of carbonyl (C=O) groups is 3. The standard InChI is InChI=1S/C28H30N2O4.C24H24N2O2.C4H8N2O2.2C2H4O2.Rh/c1-4-34-28(31)27-23-13-20-14-25(29-15-24(20)26(23)27)30(16-18-5-9-21(32-2)10-6-18)17-19-7-11-22(33-3)12-8-19;1-27-22-10-6-18(7-11-22)16-26(17-19-8-12-23(28-2)13-9-19)24-14-20-4-3-5-21(20)15-25-24;1-3-7-8-4-6-5-2;2*1-2(3)4;/h5-12,14-15,23,26-27H,4,13,16-17H2,1-3H3;3,5-15H,4,16-17H2,1-2H3;4H,2-3H2,1H3;2*1H3,(H,3,4);/b;;6-4+;;;/t23-,26-,27+;;;;;/m1...../s1. The molecule has 1 fully saturated rings. The number of ether oxygens (including phenoxy) is 5. The number of methoxy groups -OCH3 is 4. The molecule has 2 N–H and O–H groups in total. The second kappa shape index (κ2) is 33.2. The van der Waals surface area contributed by atoms with Crippen LogP contribution in [0.3, 0.4) is 0 Å². The van der Waals surface area contributed by atoms with E-state index in [1.807, 2.05) is 67.8 Å². The summed E-state index contributed by atoms with van der Waals surface area (Å²) in [5, 5.41) is 21.2. The minimum absolute atomic E-state index is 0. The molecule has 9 rings (SSSR count). The molecule has 0 bridgehead atoms. The zero-order chi connectivity index (χ0) is 56.4. The van der Waals surface area contributed by atoms with Crippen molar-refractivity contribution in [2.75, 3.05) is 51.5 Å². The number of fused-ring (bicyclic) bond motifs is 4. The van der Waals surface area contributed by atoms with Gasteiger partial charge >= 0.3 is 5.97 Å². The van der Waals surface area contributed by atoms with Gasteiger partial charge in [0.25, 0.3) is 11.9 Å². The molecule has 4 aromatic carbocycles. The third-order valence-electron chi connectivity index (χ3n) is 12.3. The number of carbonyl (C=O) groups excluding carboxylic acids is 1. The van der Waals surface area contributed by atoms with Gasteiger partial charge in [-0.2, -0.15) is 9.99 Å². The van der Waals surface area contributed by atoms with Crippen molar-refractivity contribution in [3.63, 3.8) is 0 Å². The van der Waals surface area contributed by atoms with Gasteiger partial charge < -0.3 is 48.6 Å². The van der Waals surface area contributed by atoms with Crippen molar-refractivity contribution >= 4 is 48.7 Å². The number of hydrogen-bond acceptors (Lipinski definition) is 16. The van der Waals surface area contributed by atoms with E-state index in [1.165, 1.54) is 44.5 Å². The van der Waals surface area contributed by atoms with Gasteiger partial charge in [0.2, 0.25) is 6.40 Å². The first kappa shape index (κ1) is 63.4. The van der Waals surface area contributed by atoms with E-state index in [0.29, 0.717) is 19.1 Å². The number of hydrogen-bond donors (Lipinski definition) is 2. The fraction of sp³-hybridized carbons (Fsp3) is 0.317. The van der Waals surface area contributed by atoms with E-state index in [4.69, 9.17) is 53.5 Å². The van der Waals surface area contributed by atoms with E-state index < -0.39 is 11.9 Å². The molecule has 3 atom stereocenters. The Labute approximate surface area is 475 Å². The molecule has 0 aliphatic heterocycles. The topological polar surface area (TPSA) is 213 Å². The van der Waals surface area contributed by atoms with Gasteiger partial charge in [0.1, 0.15) is 34.6 Å². The van der Waals surface area contributed by atoms with E-state index in [2.05, 4.69) is 109 Å². The van der Waals surface area contributed by atoms with Gasteiger partial charge in [-0.25, -0.2) is 9.97 Å². The minimum atomic E-state index is -0.833. The van der Waals surface area contributed by atoms with Crippen LogP contribution in [-0.4, -0.2) is 92.9 Å². The first-order valence-electron chi connectivity index (χ1n) is 25.2. The molecule has 6 aromatic rings. The number of carboxylic acids is 2. The first-order chi connectivity index (χ1) is 37.7. The molecule has 3 aliphatic rings. The average Bonchev–Trinajstić information content (AvgIpc) is 3.64. The Morgan fingerprint density at radius 2 is 1.05 bits per heavy atom. The molecule has 19 heteroatoms. The first-order valence-corrected chi connectivity index (χ1v) is 25.2. The molecule has 0 saturated heterocycles. The normalized spacial score (nSPS) is 14.3. The van der Waals surface area contributed by atoms with Crippen molar-refractivity contribution in [3.8, 4) is 23.0 Å². The second-order valence-electron chi connectivity index (χ2n) is 17.8. The number of esters is 1. The monoisotopic (exact) mass is 1170 g/mol. The number of pyridine rings is 2. The van der Waals surface area contributed by atoms with E-state index in [0.717, 1.165) is 93.9 Å². The van der Waals surface area contributed by atoms with Gasteiger partial charge in [0.15, 0.2) is 0 Å². The van der Waals surface area contributed by atoms with E-state index >= 15 is 0 Å². The Balaban J connectivity index is 0.000000267. The van der Waals surface area contributed by atoms with Gasteiger partial charge in [-0.3, -0.25) is 14.4 Å². The minimum Gasteiger partial charge on any atom is -0.497 e. The van der Waals surface area contributed by atoms with Crippen molar-refractivity contribution < 1.29 is 77.5 Å². The third-order valence-corrected chi connectivity index (χ3v) is 12.3. The van der Waals surface area contributed by atoms with Crippen LogP contribution in [0.2, 0.25) is 0 Å².